The Hall–Kier alpha value is -1.50. The summed E-state index contributed by atoms with van der Waals surface area (Å²) in [6.07, 6.45) is -3.14. The van der Waals surface area contributed by atoms with Gasteiger partial charge < -0.3 is 14.2 Å². The zero-order valence-corrected chi connectivity index (χ0v) is 12.5. The Morgan fingerprint density at radius 2 is 1.05 bits per heavy atom. The van der Waals surface area contributed by atoms with Crippen molar-refractivity contribution >= 4 is 12.3 Å². The summed E-state index contributed by atoms with van der Waals surface area (Å²) in [7, 11) is 2.66. The molecule has 0 aliphatic rings. The Labute approximate surface area is 120 Å². The van der Waals surface area contributed by atoms with E-state index in [-0.39, 0.29) is 0 Å². The molecule has 0 heterocycles. The van der Waals surface area contributed by atoms with E-state index in [1.807, 2.05) is 0 Å². The van der Waals surface area contributed by atoms with Gasteiger partial charge in [0.15, 0.2) is 11.6 Å². The molecule has 0 aromatic rings. The molecule has 0 fully saturated rings. The first-order valence-corrected chi connectivity index (χ1v) is 5.52. The van der Waals surface area contributed by atoms with Gasteiger partial charge in [-0.15, -0.1) is 0 Å². The molecule has 0 rings (SSSR count). The average molecular weight is 314 g/mol. The van der Waals surface area contributed by atoms with E-state index in [0.29, 0.717) is 0 Å². The van der Waals surface area contributed by atoms with Gasteiger partial charge in [0, 0.05) is 14.2 Å². The second-order valence-electron chi connectivity index (χ2n) is 4.28. The number of rotatable bonds is 8. The third kappa shape index (κ3) is 9.95. The SMILES string of the molecule is COC(C)(C)OOOC(=O)OC(=O)OOOC(C)(C)OC. The van der Waals surface area contributed by atoms with Crippen molar-refractivity contribution in [2.75, 3.05) is 14.2 Å². The van der Waals surface area contributed by atoms with E-state index in [2.05, 4.69) is 34.4 Å². The minimum atomic E-state index is -1.57. The summed E-state index contributed by atoms with van der Waals surface area (Å²) < 4.78 is 13.5. The predicted molar refractivity (Wildman–Crippen MR) is 60.6 cm³/mol. The summed E-state index contributed by atoms with van der Waals surface area (Å²) in [5.74, 6) is -2.35. The highest BCUT2D eigenvalue weighted by molar-refractivity contribution is 5.76. The van der Waals surface area contributed by atoms with E-state index in [4.69, 9.17) is 9.47 Å². The Morgan fingerprint density at radius 3 is 1.33 bits per heavy atom. The van der Waals surface area contributed by atoms with Crippen molar-refractivity contribution in [1.29, 1.82) is 0 Å². The molecule has 0 amide bonds. The van der Waals surface area contributed by atoms with Crippen LogP contribution in [0.2, 0.25) is 0 Å². The van der Waals surface area contributed by atoms with Crippen LogP contribution < -0.4 is 0 Å². The van der Waals surface area contributed by atoms with Crippen LogP contribution in [0.5, 0.6) is 0 Å². The van der Waals surface area contributed by atoms with E-state index in [1.165, 1.54) is 41.9 Å². The van der Waals surface area contributed by atoms with Crippen molar-refractivity contribution < 1.29 is 53.4 Å². The first kappa shape index (κ1) is 19.5. The van der Waals surface area contributed by atoms with E-state index in [1.54, 1.807) is 0 Å². The lowest BCUT2D eigenvalue weighted by Gasteiger charge is -2.19. The van der Waals surface area contributed by atoms with Crippen LogP contribution in [-0.4, -0.2) is 38.1 Å². The lowest BCUT2D eigenvalue weighted by atomic mass is 10.4. The molecule has 0 aromatic heterocycles. The van der Waals surface area contributed by atoms with Crippen molar-refractivity contribution in [1.82, 2.24) is 0 Å². The van der Waals surface area contributed by atoms with Crippen LogP contribution in [0.3, 0.4) is 0 Å². The highest BCUT2D eigenvalue weighted by Crippen LogP contribution is 2.11. The van der Waals surface area contributed by atoms with Gasteiger partial charge in [0.25, 0.3) is 0 Å². The smallest absolute Gasteiger partial charge is 0.351 e. The van der Waals surface area contributed by atoms with Gasteiger partial charge in [-0.05, 0) is 37.8 Å². The Bertz CT molecular complexity index is 306. The summed E-state index contributed by atoms with van der Waals surface area (Å²) in [6.45, 7) is 5.88. The van der Waals surface area contributed by atoms with Crippen LogP contribution in [-0.2, 0) is 43.8 Å². The Kier molecular flexibility index (Phi) is 8.09. The monoisotopic (exact) mass is 314 g/mol. The number of hydrogen-bond donors (Lipinski definition) is 0. The molecule has 0 N–H and O–H groups in total. The molecule has 0 saturated heterocycles. The molecule has 0 saturated carbocycles. The lowest BCUT2D eigenvalue weighted by Crippen LogP contribution is -2.28. The van der Waals surface area contributed by atoms with Crippen LogP contribution in [0, 0.1) is 0 Å². The molecule has 124 valence electrons. The van der Waals surface area contributed by atoms with Crippen LogP contribution in [0.15, 0.2) is 0 Å². The van der Waals surface area contributed by atoms with Gasteiger partial charge in [0.2, 0.25) is 0 Å². The second-order valence-corrected chi connectivity index (χ2v) is 4.28. The standard InChI is InChI=1S/C10H18O11/c1-9(2,13-5)18-20-16-7(11)15-8(12)17-21-19-10(3,4)14-6/h1-6H3. The van der Waals surface area contributed by atoms with Crippen molar-refractivity contribution in [3.63, 3.8) is 0 Å². The van der Waals surface area contributed by atoms with Gasteiger partial charge in [-0.1, -0.05) is 0 Å². The van der Waals surface area contributed by atoms with E-state index in [9.17, 15) is 9.59 Å². The highest BCUT2D eigenvalue weighted by Gasteiger charge is 2.23. The van der Waals surface area contributed by atoms with E-state index < -0.39 is 23.9 Å². The third-order valence-electron chi connectivity index (χ3n) is 1.82. The first-order chi connectivity index (χ1) is 9.62. The number of methoxy groups -OCH3 is 2. The van der Waals surface area contributed by atoms with Crippen LogP contribution >= 0.6 is 0 Å². The Balaban J connectivity index is 3.83. The topological polar surface area (TPSA) is 117 Å². The minimum Gasteiger partial charge on any atom is -0.351 e. The normalized spacial score (nSPS) is 11.9. The van der Waals surface area contributed by atoms with Crippen molar-refractivity contribution in [2.45, 2.75) is 39.3 Å². The molecule has 0 atom stereocenters. The lowest BCUT2D eigenvalue weighted by molar-refractivity contribution is -0.549. The van der Waals surface area contributed by atoms with Crippen LogP contribution in [0.1, 0.15) is 27.7 Å². The number of ether oxygens (including phenoxy) is 3. The van der Waals surface area contributed by atoms with Crippen molar-refractivity contribution in [3.8, 4) is 0 Å². The van der Waals surface area contributed by atoms with Crippen molar-refractivity contribution in [3.05, 3.63) is 0 Å². The fourth-order valence-electron chi connectivity index (χ4n) is 0.424. The molecule has 0 spiro atoms. The summed E-state index contributed by atoms with van der Waals surface area (Å²) in [6, 6.07) is 0. The molecular weight excluding hydrogens is 296 g/mol. The fraction of sp³-hybridized carbons (Fsp3) is 0.800. The van der Waals surface area contributed by atoms with Crippen molar-refractivity contribution in [2.24, 2.45) is 0 Å². The Morgan fingerprint density at radius 1 is 0.714 bits per heavy atom. The molecule has 11 nitrogen and oxygen atoms in total. The second kappa shape index (κ2) is 8.71. The maximum atomic E-state index is 10.9. The minimum absolute atomic E-state index is 1.18. The molecule has 0 radical (unpaired) electrons. The summed E-state index contributed by atoms with van der Waals surface area (Å²) in [4.78, 5) is 38.7. The van der Waals surface area contributed by atoms with Gasteiger partial charge in [0.05, 0.1) is 0 Å². The van der Waals surface area contributed by atoms with Crippen LogP contribution in [0.4, 0.5) is 9.59 Å². The molecular formula is C10H18O11. The highest BCUT2D eigenvalue weighted by atomic mass is 17.5. The maximum absolute atomic E-state index is 10.9. The van der Waals surface area contributed by atoms with Gasteiger partial charge in [-0.25, -0.2) is 9.78 Å². The third-order valence-corrected chi connectivity index (χ3v) is 1.82. The number of hydrogen-bond acceptors (Lipinski definition) is 11. The average Bonchev–Trinajstić information content (AvgIpc) is 2.38. The van der Waals surface area contributed by atoms with E-state index in [0.717, 1.165) is 0 Å². The predicted octanol–water partition coefficient (Wildman–Crippen LogP) is 1.77. The quantitative estimate of drug-likeness (QED) is 0.214. The number of carbonyl (C=O) groups is 2. The first-order valence-electron chi connectivity index (χ1n) is 5.52. The van der Waals surface area contributed by atoms with Gasteiger partial charge in [0.1, 0.15) is 0 Å². The maximum Gasteiger partial charge on any atom is 0.553 e. The largest absolute Gasteiger partial charge is 0.553 e. The molecule has 0 aromatic carbocycles. The van der Waals surface area contributed by atoms with Crippen LogP contribution in [0.25, 0.3) is 0 Å². The van der Waals surface area contributed by atoms with E-state index >= 15 is 0 Å². The molecule has 0 unspecified atom stereocenters. The zero-order valence-electron chi connectivity index (χ0n) is 12.5. The molecule has 11 heteroatoms. The zero-order chi connectivity index (χ0) is 16.5. The summed E-state index contributed by atoms with van der Waals surface area (Å²) >= 11 is 0. The summed E-state index contributed by atoms with van der Waals surface area (Å²) in [5.41, 5.74) is 0. The molecule has 0 bridgehead atoms. The van der Waals surface area contributed by atoms with Gasteiger partial charge >= 0.3 is 12.3 Å². The molecule has 0 aliphatic carbocycles. The molecule has 0 aliphatic heterocycles. The van der Waals surface area contributed by atoms with Gasteiger partial charge in [-0.2, -0.15) is 19.4 Å². The molecule has 21 heavy (non-hydrogen) atoms. The van der Waals surface area contributed by atoms with Gasteiger partial charge in [-0.3, -0.25) is 0 Å². The summed E-state index contributed by atoms with van der Waals surface area (Å²) in [5, 5.41) is 8.06. The number of carbonyl (C=O) groups excluding carboxylic acids is 2. The fourth-order valence-corrected chi connectivity index (χ4v) is 0.424.